The van der Waals surface area contributed by atoms with Crippen molar-refractivity contribution >= 4 is 0 Å². The second-order valence-corrected chi connectivity index (χ2v) is 6.06. The molecular weight excluding hydrogens is 258 g/mol. The van der Waals surface area contributed by atoms with Gasteiger partial charge in [0.2, 0.25) is 0 Å². The normalized spacial score (nSPS) is 11.2. The van der Waals surface area contributed by atoms with Gasteiger partial charge < -0.3 is 9.88 Å². The van der Waals surface area contributed by atoms with Crippen LogP contribution in [0.15, 0.2) is 36.7 Å². The van der Waals surface area contributed by atoms with E-state index in [1.807, 2.05) is 6.20 Å². The van der Waals surface area contributed by atoms with Crippen molar-refractivity contribution in [2.24, 2.45) is 5.92 Å². The Morgan fingerprint density at radius 3 is 2.52 bits per heavy atom. The number of rotatable bonds is 8. The molecule has 3 heteroatoms. The SMILES string of the molecule is CCCc1nccn1Cc1ccc(CNCC(C)C)cc1. The molecule has 0 spiro atoms. The van der Waals surface area contributed by atoms with Gasteiger partial charge in [-0.2, -0.15) is 0 Å². The minimum atomic E-state index is 0.697. The largest absolute Gasteiger partial charge is 0.331 e. The van der Waals surface area contributed by atoms with Gasteiger partial charge in [0, 0.05) is 31.9 Å². The lowest BCUT2D eigenvalue weighted by Gasteiger charge is -2.10. The third-order valence-electron chi connectivity index (χ3n) is 3.53. The summed E-state index contributed by atoms with van der Waals surface area (Å²) < 4.78 is 2.25. The fourth-order valence-corrected chi connectivity index (χ4v) is 2.40. The van der Waals surface area contributed by atoms with Crippen molar-refractivity contribution in [2.75, 3.05) is 6.54 Å². The second kappa shape index (κ2) is 7.99. The fourth-order valence-electron chi connectivity index (χ4n) is 2.40. The molecule has 114 valence electrons. The van der Waals surface area contributed by atoms with Crippen LogP contribution in [0.1, 0.15) is 44.1 Å². The Kier molecular flexibility index (Phi) is 6.00. The van der Waals surface area contributed by atoms with Crippen molar-refractivity contribution in [1.29, 1.82) is 0 Å². The second-order valence-electron chi connectivity index (χ2n) is 6.06. The summed E-state index contributed by atoms with van der Waals surface area (Å²) in [6, 6.07) is 8.89. The molecule has 0 bridgehead atoms. The summed E-state index contributed by atoms with van der Waals surface area (Å²) >= 11 is 0. The first-order chi connectivity index (χ1) is 10.2. The average Bonchev–Trinajstić information content (AvgIpc) is 2.88. The van der Waals surface area contributed by atoms with Crippen molar-refractivity contribution in [3.63, 3.8) is 0 Å². The average molecular weight is 285 g/mol. The van der Waals surface area contributed by atoms with Gasteiger partial charge in [0.25, 0.3) is 0 Å². The van der Waals surface area contributed by atoms with Crippen molar-refractivity contribution in [1.82, 2.24) is 14.9 Å². The Morgan fingerprint density at radius 2 is 1.86 bits per heavy atom. The minimum absolute atomic E-state index is 0.697. The number of nitrogens with one attached hydrogen (secondary N) is 1. The Morgan fingerprint density at radius 1 is 1.14 bits per heavy atom. The zero-order valence-corrected chi connectivity index (χ0v) is 13.5. The van der Waals surface area contributed by atoms with Crippen molar-refractivity contribution < 1.29 is 0 Å². The third kappa shape index (κ3) is 5.01. The summed E-state index contributed by atoms with van der Waals surface area (Å²) in [6.07, 6.45) is 6.15. The summed E-state index contributed by atoms with van der Waals surface area (Å²) in [5.74, 6) is 1.88. The van der Waals surface area contributed by atoms with Crippen LogP contribution in [-0.4, -0.2) is 16.1 Å². The predicted octanol–water partition coefficient (Wildman–Crippen LogP) is 3.63. The standard InChI is InChI=1S/C18H27N3/c1-4-5-18-20-10-11-21(18)14-17-8-6-16(7-9-17)13-19-12-15(2)3/h6-11,15,19H,4-5,12-14H2,1-3H3. The zero-order chi connectivity index (χ0) is 15.1. The minimum Gasteiger partial charge on any atom is -0.331 e. The van der Waals surface area contributed by atoms with Gasteiger partial charge >= 0.3 is 0 Å². The Hall–Kier alpha value is -1.61. The fraction of sp³-hybridized carbons (Fsp3) is 0.500. The van der Waals surface area contributed by atoms with Crippen molar-refractivity contribution in [3.8, 4) is 0 Å². The van der Waals surface area contributed by atoms with E-state index in [4.69, 9.17) is 0 Å². The van der Waals surface area contributed by atoms with Crippen LogP contribution >= 0.6 is 0 Å². The molecule has 0 fully saturated rings. The van der Waals surface area contributed by atoms with E-state index >= 15 is 0 Å². The molecule has 0 aliphatic rings. The first-order valence-electron chi connectivity index (χ1n) is 7.97. The van der Waals surface area contributed by atoms with Gasteiger partial charge in [0.05, 0.1) is 0 Å². The summed E-state index contributed by atoms with van der Waals surface area (Å²) in [5, 5.41) is 3.48. The first kappa shape index (κ1) is 15.8. The Balaban J connectivity index is 1.91. The molecule has 2 rings (SSSR count). The highest BCUT2D eigenvalue weighted by atomic mass is 15.1. The molecule has 0 saturated heterocycles. The monoisotopic (exact) mass is 285 g/mol. The highest BCUT2D eigenvalue weighted by Gasteiger charge is 2.03. The number of benzene rings is 1. The summed E-state index contributed by atoms with van der Waals surface area (Å²) in [4.78, 5) is 4.43. The first-order valence-corrected chi connectivity index (χ1v) is 7.97. The van der Waals surface area contributed by atoms with Crippen LogP contribution in [0.5, 0.6) is 0 Å². The smallest absolute Gasteiger partial charge is 0.108 e. The summed E-state index contributed by atoms with van der Waals surface area (Å²) in [6.45, 7) is 9.58. The predicted molar refractivity (Wildman–Crippen MR) is 88.3 cm³/mol. The Labute approximate surface area is 128 Å². The van der Waals surface area contributed by atoms with Crippen LogP contribution in [0.4, 0.5) is 0 Å². The van der Waals surface area contributed by atoms with Crippen LogP contribution in [0.2, 0.25) is 0 Å². The highest BCUT2D eigenvalue weighted by Crippen LogP contribution is 2.09. The van der Waals surface area contributed by atoms with E-state index < -0.39 is 0 Å². The lowest BCUT2D eigenvalue weighted by Crippen LogP contribution is -2.18. The maximum absolute atomic E-state index is 4.43. The number of nitrogens with zero attached hydrogens (tertiary/aromatic N) is 2. The van der Waals surface area contributed by atoms with E-state index in [1.165, 1.54) is 17.0 Å². The third-order valence-corrected chi connectivity index (χ3v) is 3.53. The number of aromatic nitrogens is 2. The lowest BCUT2D eigenvalue weighted by atomic mass is 10.1. The van der Waals surface area contributed by atoms with Crippen LogP contribution in [0.25, 0.3) is 0 Å². The van der Waals surface area contributed by atoms with Gasteiger partial charge in [-0.1, -0.05) is 45.0 Å². The van der Waals surface area contributed by atoms with Crippen LogP contribution in [0, 0.1) is 5.92 Å². The highest BCUT2D eigenvalue weighted by molar-refractivity contribution is 5.23. The van der Waals surface area contributed by atoms with Gasteiger partial charge in [-0.15, -0.1) is 0 Å². The number of hydrogen-bond acceptors (Lipinski definition) is 2. The molecule has 0 amide bonds. The molecule has 21 heavy (non-hydrogen) atoms. The summed E-state index contributed by atoms with van der Waals surface area (Å²) in [5.41, 5.74) is 2.68. The molecule has 0 aliphatic carbocycles. The molecule has 0 unspecified atom stereocenters. The molecule has 0 atom stereocenters. The molecular formula is C18H27N3. The van der Waals surface area contributed by atoms with Crippen molar-refractivity contribution in [2.45, 2.75) is 46.7 Å². The number of hydrogen-bond donors (Lipinski definition) is 1. The van der Waals surface area contributed by atoms with E-state index in [2.05, 4.69) is 66.1 Å². The van der Waals surface area contributed by atoms with Crippen LogP contribution in [0.3, 0.4) is 0 Å². The van der Waals surface area contributed by atoms with Gasteiger partial charge in [-0.05, 0) is 30.0 Å². The topological polar surface area (TPSA) is 29.9 Å². The summed E-state index contributed by atoms with van der Waals surface area (Å²) in [7, 11) is 0. The van der Waals surface area contributed by atoms with Crippen LogP contribution in [-0.2, 0) is 19.5 Å². The lowest BCUT2D eigenvalue weighted by molar-refractivity contribution is 0.552. The van der Waals surface area contributed by atoms with E-state index in [9.17, 15) is 0 Å². The van der Waals surface area contributed by atoms with Crippen LogP contribution < -0.4 is 5.32 Å². The van der Waals surface area contributed by atoms with E-state index in [0.29, 0.717) is 5.92 Å². The number of imidazole rings is 1. The molecule has 0 saturated carbocycles. The number of aryl methyl sites for hydroxylation is 1. The molecule has 1 N–H and O–H groups in total. The van der Waals surface area contributed by atoms with Crippen molar-refractivity contribution in [3.05, 3.63) is 53.6 Å². The van der Waals surface area contributed by atoms with Gasteiger partial charge in [-0.25, -0.2) is 4.98 Å². The Bertz CT molecular complexity index is 526. The molecule has 0 radical (unpaired) electrons. The maximum atomic E-state index is 4.43. The van der Waals surface area contributed by atoms with E-state index in [1.54, 1.807) is 0 Å². The molecule has 1 heterocycles. The molecule has 1 aromatic carbocycles. The maximum Gasteiger partial charge on any atom is 0.108 e. The quantitative estimate of drug-likeness (QED) is 0.802. The van der Waals surface area contributed by atoms with Gasteiger partial charge in [0.15, 0.2) is 0 Å². The molecule has 0 aliphatic heterocycles. The van der Waals surface area contributed by atoms with Gasteiger partial charge in [-0.3, -0.25) is 0 Å². The van der Waals surface area contributed by atoms with E-state index in [0.717, 1.165) is 32.5 Å². The molecule has 1 aromatic heterocycles. The van der Waals surface area contributed by atoms with E-state index in [-0.39, 0.29) is 0 Å². The van der Waals surface area contributed by atoms with Gasteiger partial charge in [0.1, 0.15) is 5.82 Å². The molecule has 2 aromatic rings. The molecule has 3 nitrogen and oxygen atoms in total. The zero-order valence-electron chi connectivity index (χ0n) is 13.5.